The van der Waals surface area contributed by atoms with Crippen molar-refractivity contribution in [1.29, 1.82) is 0 Å². The molecule has 0 rings (SSSR count). The van der Waals surface area contributed by atoms with Crippen LogP contribution in [0.5, 0.6) is 0 Å². The number of esters is 1. The van der Waals surface area contributed by atoms with Crippen LogP contribution in [0.2, 0.25) is 0 Å². The van der Waals surface area contributed by atoms with Crippen molar-refractivity contribution in [2.75, 3.05) is 6.61 Å². The molecule has 0 saturated carbocycles. The predicted molar refractivity (Wildman–Crippen MR) is 47.2 cm³/mol. The standard InChI is InChI=1S/C9H16O4/c1-6(2)5-13-9(12)7(3)4-8(10)11/h6-7H,4-5H2,1-3H3,(H,10,11). The Morgan fingerprint density at radius 2 is 1.85 bits per heavy atom. The Morgan fingerprint density at radius 3 is 2.23 bits per heavy atom. The fourth-order valence-corrected chi connectivity index (χ4v) is 0.736. The molecule has 0 aromatic carbocycles. The second-order valence-corrected chi connectivity index (χ2v) is 3.52. The lowest BCUT2D eigenvalue weighted by atomic mass is 10.1. The Labute approximate surface area is 77.9 Å². The molecular formula is C9H16O4. The van der Waals surface area contributed by atoms with Gasteiger partial charge in [-0.2, -0.15) is 0 Å². The average Bonchev–Trinajstić information content (AvgIpc) is 1.98. The number of rotatable bonds is 5. The van der Waals surface area contributed by atoms with Crippen LogP contribution < -0.4 is 0 Å². The Balaban J connectivity index is 3.76. The molecule has 76 valence electrons. The molecule has 4 nitrogen and oxygen atoms in total. The zero-order valence-electron chi connectivity index (χ0n) is 8.24. The van der Waals surface area contributed by atoms with E-state index < -0.39 is 17.9 Å². The minimum Gasteiger partial charge on any atom is -0.481 e. The van der Waals surface area contributed by atoms with Gasteiger partial charge < -0.3 is 9.84 Å². The number of hydrogen-bond donors (Lipinski definition) is 1. The van der Waals surface area contributed by atoms with Crippen molar-refractivity contribution in [2.45, 2.75) is 27.2 Å². The van der Waals surface area contributed by atoms with E-state index in [0.717, 1.165) is 0 Å². The molecule has 0 bridgehead atoms. The first-order chi connectivity index (χ1) is 5.93. The first-order valence-corrected chi connectivity index (χ1v) is 4.32. The molecule has 1 N–H and O–H groups in total. The molecule has 0 spiro atoms. The molecule has 0 aliphatic rings. The van der Waals surface area contributed by atoms with Crippen molar-refractivity contribution >= 4 is 11.9 Å². The number of ether oxygens (including phenoxy) is 1. The highest BCUT2D eigenvalue weighted by molar-refractivity contribution is 5.78. The van der Waals surface area contributed by atoms with Gasteiger partial charge in [-0.3, -0.25) is 9.59 Å². The van der Waals surface area contributed by atoms with Crippen LogP contribution in [0.1, 0.15) is 27.2 Å². The van der Waals surface area contributed by atoms with E-state index in [0.29, 0.717) is 6.61 Å². The van der Waals surface area contributed by atoms with E-state index in [2.05, 4.69) is 0 Å². The zero-order chi connectivity index (χ0) is 10.4. The van der Waals surface area contributed by atoms with E-state index in [-0.39, 0.29) is 12.3 Å². The van der Waals surface area contributed by atoms with E-state index in [1.54, 1.807) is 6.92 Å². The highest BCUT2D eigenvalue weighted by Crippen LogP contribution is 2.05. The fraction of sp³-hybridized carbons (Fsp3) is 0.778. The minimum atomic E-state index is -0.978. The lowest BCUT2D eigenvalue weighted by Crippen LogP contribution is -2.19. The van der Waals surface area contributed by atoms with Gasteiger partial charge in [0.25, 0.3) is 0 Å². The number of aliphatic carboxylic acids is 1. The lowest BCUT2D eigenvalue weighted by molar-refractivity contribution is -0.153. The maximum atomic E-state index is 11.1. The van der Waals surface area contributed by atoms with Gasteiger partial charge in [0.15, 0.2) is 0 Å². The minimum absolute atomic E-state index is 0.170. The summed E-state index contributed by atoms with van der Waals surface area (Å²) in [6.45, 7) is 5.75. The van der Waals surface area contributed by atoms with Crippen molar-refractivity contribution in [2.24, 2.45) is 11.8 Å². The molecule has 1 atom stereocenters. The quantitative estimate of drug-likeness (QED) is 0.660. The van der Waals surface area contributed by atoms with Gasteiger partial charge in [-0.05, 0) is 5.92 Å². The van der Waals surface area contributed by atoms with Crippen LogP contribution in [0, 0.1) is 11.8 Å². The molecule has 0 aromatic heterocycles. The fourth-order valence-electron chi connectivity index (χ4n) is 0.736. The average molecular weight is 188 g/mol. The summed E-state index contributed by atoms with van der Waals surface area (Å²) >= 11 is 0. The summed E-state index contributed by atoms with van der Waals surface area (Å²) in [5, 5.41) is 8.40. The molecule has 1 unspecified atom stereocenters. The molecule has 4 heteroatoms. The molecule has 0 aliphatic heterocycles. The van der Waals surface area contributed by atoms with Crippen LogP contribution in [-0.4, -0.2) is 23.7 Å². The summed E-state index contributed by atoms with van der Waals surface area (Å²) in [5.41, 5.74) is 0. The molecule has 0 fully saturated rings. The highest BCUT2D eigenvalue weighted by atomic mass is 16.5. The van der Waals surface area contributed by atoms with Gasteiger partial charge in [0.05, 0.1) is 18.9 Å². The summed E-state index contributed by atoms with van der Waals surface area (Å²) in [6.07, 6.45) is -0.170. The van der Waals surface area contributed by atoms with Gasteiger partial charge in [0, 0.05) is 0 Å². The van der Waals surface area contributed by atoms with Gasteiger partial charge in [0.2, 0.25) is 0 Å². The molecular weight excluding hydrogens is 172 g/mol. The third kappa shape index (κ3) is 6.13. The van der Waals surface area contributed by atoms with Gasteiger partial charge in [-0.1, -0.05) is 20.8 Å². The molecule has 0 saturated heterocycles. The first kappa shape index (κ1) is 11.9. The molecule has 0 aliphatic carbocycles. The van der Waals surface area contributed by atoms with Crippen molar-refractivity contribution in [3.05, 3.63) is 0 Å². The Bertz CT molecular complexity index is 186. The third-order valence-corrected chi connectivity index (χ3v) is 1.44. The largest absolute Gasteiger partial charge is 0.481 e. The maximum absolute atomic E-state index is 11.1. The molecule has 13 heavy (non-hydrogen) atoms. The van der Waals surface area contributed by atoms with E-state index in [4.69, 9.17) is 9.84 Å². The molecule has 0 amide bonds. The SMILES string of the molecule is CC(C)COC(=O)C(C)CC(=O)O. The number of hydrogen-bond acceptors (Lipinski definition) is 3. The van der Waals surface area contributed by atoms with Gasteiger partial charge in [-0.15, -0.1) is 0 Å². The summed E-state index contributed by atoms with van der Waals surface area (Å²) in [5.74, 6) is -1.69. The van der Waals surface area contributed by atoms with E-state index in [1.807, 2.05) is 13.8 Å². The summed E-state index contributed by atoms with van der Waals surface area (Å²) in [6, 6.07) is 0. The van der Waals surface area contributed by atoms with Crippen LogP contribution in [0.3, 0.4) is 0 Å². The van der Waals surface area contributed by atoms with E-state index in [1.165, 1.54) is 0 Å². The normalized spacial score (nSPS) is 12.6. The number of carbonyl (C=O) groups excluding carboxylic acids is 1. The van der Waals surface area contributed by atoms with Gasteiger partial charge in [-0.25, -0.2) is 0 Å². The molecule has 0 heterocycles. The predicted octanol–water partition coefficient (Wildman–Crippen LogP) is 1.30. The van der Waals surface area contributed by atoms with E-state index >= 15 is 0 Å². The topological polar surface area (TPSA) is 63.6 Å². The second kappa shape index (κ2) is 5.56. The smallest absolute Gasteiger partial charge is 0.309 e. The van der Waals surface area contributed by atoms with Crippen LogP contribution in [0.25, 0.3) is 0 Å². The molecule has 0 radical (unpaired) electrons. The third-order valence-electron chi connectivity index (χ3n) is 1.44. The van der Waals surface area contributed by atoms with E-state index in [9.17, 15) is 9.59 Å². The van der Waals surface area contributed by atoms with Crippen LogP contribution in [0.4, 0.5) is 0 Å². The Hall–Kier alpha value is -1.06. The zero-order valence-corrected chi connectivity index (χ0v) is 8.24. The number of carbonyl (C=O) groups is 2. The number of carboxylic acid groups (broad SMARTS) is 1. The summed E-state index contributed by atoms with van der Waals surface area (Å²) < 4.78 is 4.86. The van der Waals surface area contributed by atoms with Crippen molar-refractivity contribution in [3.63, 3.8) is 0 Å². The lowest BCUT2D eigenvalue weighted by Gasteiger charge is -2.10. The van der Waals surface area contributed by atoms with Gasteiger partial charge >= 0.3 is 11.9 Å². The van der Waals surface area contributed by atoms with Crippen LogP contribution >= 0.6 is 0 Å². The van der Waals surface area contributed by atoms with Gasteiger partial charge in [0.1, 0.15) is 0 Å². The van der Waals surface area contributed by atoms with Crippen molar-refractivity contribution in [1.82, 2.24) is 0 Å². The van der Waals surface area contributed by atoms with Crippen molar-refractivity contribution in [3.8, 4) is 0 Å². The van der Waals surface area contributed by atoms with Crippen molar-refractivity contribution < 1.29 is 19.4 Å². The Morgan fingerprint density at radius 1 is 1.31 bits per heavy atom. The first-order valence-electron chi connectivity index (χ1n) is 4.32. The molecule has 0 aromatic rings. The number of carboxylic acids is 1. The van der Waals surface area contributed by atoms with Crippen LogP contribution in [-0.2, 0) is 14.3 Å². The summed E-state index contributed by atoms with van der Waals surface area (Å²) in [7, 11) is 0. The Kier molecular flexibility index (Phi) is 5.11. The summed E-state index contributed by atoms with van der Waals surface area (Å²) in [4.78, 5) is 21.3. The second-order valence-electron chi connectivity index (χ2n) is 3.52. The van der Waals surface area contributed by atoms with Crippen LogP contribution in [0.15, 0.2) is 0 Å². The highest BCUT2D eigenvalue weighted by Gasteiger charge is 2.17. The maximum Gasteiger partial charge on any atom is 0.309 e. The monoisotopic (exact) mass is 188 g/mol.